The van der Waals surface area contributed by atoms with Crippen molar-refractivity contribution in [3.8, 4) is 11.3 Å². The number of nitrogens with zero attached hydrogens (tertiary/aromatic N) is 1. The highest BCUT2D eigenvalue weighted by Gasteiger charge is 2.44. The minimum absolute atomic E-state index is 0.0981. The summed E-state index contributed by atoms with van der Waals surface area (Å²) >= 11 is 5.87. The van der Waals surface area contributed by atoms with Crippen molar-refractivity contribution in [1.82, 2.24) is 9.88 Å². The molecule has 0 unspecified atom stereocenters. The molecule has 1 saturated heterocycles. The van der Waals surface area contributed by atoms with E-state index in [9.17, 15) is 18.0 Å². The third kappa shape index (κ3) is 4.59. The molecule has 1 fully saturated rings. The molecule has 0 bridgehead atoms. The summed E-state index contributed by atoms with van der Waals surface area (Å²) in [4.78, 5) is 16.7. The smallest absolute Gasteiger partial charge is 0.365 e. The van der Waals surface area contributed by atoms with Gasteiger partial charge in [0.2, 0.25) is 5.91 Å². The number of aromatic amines is 1. The Labute approximate surface area is 153 Å². The molecule has 0 spiro atoms. The molecule has 1 aromatic carbocycles. The van der Waals surface area contributed by atoms with E-state index in [0.29, 0.717) is 11.4 Å². The molecule has 1 aliphatic rings. The zero-order valence-electron chi connectivity index (χ0n) is 13.9. The monoisotopic (exact) mass is 386 g/mol. The van der Waals surface area contributed by atoms with Gasteiger partial charge in [0.25, 0.3) is 0 Å². The van der Waals surface area contributed by atoms with E-state index in [0.717, 1.165) is 17.0 Å². The van der Waals surface area contributed by atoms with Crippen LogP contribution in [-0.4, -0.2) is 47.8 Å². The molecule has 1 N–H and O–H groups in total. The number of carbonyl (C=O) groups excluding carboxylic acids is 1. The average molecular weight is 387 g/mol. The lowest BCUT2D eigenvalue weighted by atomic mass is 10.2. The molecule has 4 nitrogen and oxygen atoms in total. The molecule has 1 aliphatic heterocycles. The first-order valence-corrected chi connectivity index (χ1v) is 8.60. The number of alkyl halides is 3. The van der Waals surface area contributed by atoms with Crippen LogP contribution in [0.4, 0.5) is 13.2 Å². The molecule has 0 aliphatic carbocycles. The maximum absolute atomic E-state index is 12.7. The van der Waals surface area contributed by atoms with Crippen LogP contribution in [0.3, 0.4) is 0 Å². The highest BCUT2D eigenvalue weighted by atomic mass is 35.5. The first-order chi connectivity index (χ1) is 12.3. The maximum atomic E-state index is 12.7. The van der Waals surface area contributed by atoms with Gasteiger partial charge in [-0.1, -0.05) is 23.7 Å². The van der Waals surface area contributed by atoms with E-state index in [1.54, 1.807) is 12.1 Å². The average Bonchev–Trinajstić information content (AvgIpc) is 3.08. The summed E-state index contributed by atoms with van der Waals surface area (Å²) in [6.07, 6.45) is -5.78. The van der Waals surface area contributed by atoms with Crippen LogP contribution in [0.15, 0.2) is 36.4 Å². The van der Waals surface area contributed by atoms with E-state index in [-0.39, 0.29) is 25.5 Å². The Bertz CT molecular complexity index is 759. The molecule has 2 aromatic rings. The number of halogens is 4. The zero-order valence-corrected chi connectivity index (χ0v) is 14.6. The van der Waals surface area contributed by atoms with Gasteiger partial charge in [0.15, 0.2) is 6.10 Å². The first kappa shape index (κ1) is 18.8. The number of aromatic nitrogens is 1. The molecule has 1 amide bonds. The summed E-state index contributed by atoms with van der Waals surface area (Å²) in [6, 6.07) is 11.1. The van der Waals surface area contributed by atoms with Crippen molar-refractivity contribution in [2.24, 2.45) is 0 Å². The van der Waals surface area contributed by atoms with E-state index >= 15 is 0 Å². The van der Waals surface area contributed by atoms with E-state index in [1.807, 2.05) is 24.3 Å². The number of amides is 1. The van der Waals surface area contributed by atoms with Crippen molar-refractivity contribution >= 4 is 17.5 Å². The van der Waals surface area contributed by atoms with Crippen LogP contribution in [0.5, 0.6) is 0 Å². The van der Waals surface area contributed by atoms with Crippen molar-refractivity contribution in [2.45, 2.75) is 25.1 Å². The Morgan fingerprint density at radius 1 is 1.23 bits per heavy atom. The maximum Gasteiger partial charge on any atom is 0.416 e. The molecule has 0 radical (unpaired) electrons. The normalized spacial score (nSPS) is 18.2. The van der Waals surface area contributed by atoms with Gasteiger partial charge in [0.05, 0.1) is 13.2 Å². The largest absolute Gasteiger partial charge is 0.416 e. The Balaban J connectivity index is 1.56. The van der Waals surface area contributed by atoms with Gasteiger partial charge in [-0.05, 0) is 36.2 Å². The van der Waals surface area contributed by atoms with Gasteiger partial charge in [-0.25, -0.2) is 0 Å². The number of aryl methyl sites for hydroxylation is 1. The van der Waals surface area contributed by atoms with Crippen molar-refractivity contribution in [3.05, 3.63) is 47.1 Å². The van der Waals surface area contributed by atoms with Crippen LogP contribution in [-0.2, 0) is 16.0 Å². The number of H-pyrrole nitrogens is 1. The van der Waals surface area contributed by atoms with Crippen LogP contribution in [0.25, 0.3) is 11.3 Å². The molecule has 1 aromatic heterocycles. The Hall–Kier alpha value is -1.99. The van der Waals surface area contributed by atoms with Gasteiger partial charge < -0.3 is 14.6 Å². The third-order valence-electron chi connectivity index (χ3n) is 4.29. The minimum Gasteiger partial charge on any atom is -0.365 e. The zero-order chi connectivity index (χ0) is 18.7. The molecule has 140 valence electrons. The van der Waals surface area contributed by atoms with Crippen LogP contribution in [0.2, 0.25) is 5.02 Å². The SMILES string of the molecule is O=C(CCc1ccc(-c2ccc(Cl)cc2)[nH]1)N1CCO[C@H](C(F)(F)F)C1. The Morgan fingerprint density at radius 2 is 1.96 bits per heavy atom. The summed E-state index contributed by atoms with van der Waals surface area (Å²) in [5.74, 6) is -0.301. The number of morpholine rings is 1. The van der Waals surface area contributed by atoms with Crippen LogP contribution in [0.1, 0.15) is 12.1 Å². The minimum atomic E-state index is -4.45. The quantitative estimate of drug-likeness (QED) is 0.861. The van der Waals surface area contributed by atoms with Gasteiger partial charge >= 0.3 is 6.18 Å². The predicted molar refractivity (Wildman–Crippen MR) is 91.9 cm³/mol. The van der Waals surface area contributed by atoms with E-state index in [2.05, 4.69) is 4.98 Å². The number of hydrogen-bond donors (Lipinski definition) is 1. The molecule has 2 heterocycles. The highest BCUT2D eigenvalue weighted by molar-refractivity contribution is 6.30. The fourth-order valence-electron chi connectivity index (χ4n) is 2.86. The lowest BCUT2D eigenvalue weighted by Crippen LogP contribution is -2.51. The summed E-state index contributed by atoms with van der Waals surface area (Å²) in [5, 5.41) is 0.647. The topological polar surface area (TPSA) is 45.3 Å². The molecule has 8 heteroatoms. The molecular formula is C18H18ClF3N2O2. The summed E-state index contributed by atoms with van der Waals surface area (Å²) in [6.45, 7) is -0.353. The molecule has 26 heavy (non-hydrogen) atoms. The van der Waals surface area contributed by atoms with E-state index in [1.165, 1.54) is 4.90 Å². The van der Waals surface area contributed by atoms with Gasteiger partial charge in [-0.3, -0.25) is 4.79 Å². The lowest BCUT2D eigenvalue weighted by molar-refractivity contribution is -0.236. The molecular weight excluding hydrogens is 369 g/mol. The van der Waals surface area contributed by atoms with E-state index in [4.69, 9.17) is 16.3 Å². The fraction of sp³-hybridized carbons (Fsp3) is 0.389. The Kier molecular flexibility index (Phi) is 5.58. The standard InChI is InChI=1S/C18H18ClF3N2O2/c19-13-3-1-12(2-4-13)15-7-5-14(23-15)6-8-17(25)24-9-10-26-16(11-24)18(20,21)22/h1-5,7,16,23H,6,8-11H2/t16-/m0/s1. The van der Waals surface area contributed by atoms with E-state index < -0.39 is 18.8 Å². The van der Waals surface area contributed by atoms with Gasteiger partial charge in [0.1, 0.15) is 0 Å². The summed E-state index contributed by atoms with van der Waals surface area (Å²) in [5.41, 5.74) is 2.71. The molecule has 1 atom stereocenters. The van der Waals surface area contributed by atoms with Crippen LogP contribution >= 0.6 is 11.6 Å². The van der Waals surface area contributed by atoms with Crippen LogP contribution < -0.4 is 0 Å². The number of rotatable bonds is 4. The second-order valence-corrected chi connectivity index (χ2v) is 6.58. The third-order valence-corrected chi connectivity index (χ3v) is 4.55. The molecule has 0 saturated carbocycles. The van der Waals surface area contributed by atoms with Crippen molar-refractivity contribution in [3.63, 3.8) is 0 Å². The number of hydrogen-bond acceptors (Lipinski definition) is 2. The van der Waals surface area contributed by atoms with Gasteiger partial charge in [-0.15, -0.1) is 0 Å². The lowest BCUT2D eigenvalue weighted by Gasteiger charge is -2.33. The molecule has 3 rings (SSSR count). The van der Waals surface area contributed by atoms with Gasteiger partial charge in [-0.2, -0.15) is 13.2 Å². The van der Waals surface area contributed by atoms with Crippen molar-refractivity contribution in [2.75, 3.05) is 19.7 Å². The second-order valence-electron chi connectivity index (χ2n) is 6.14. The van der Waals surface area contributed by atoms with Gasteiger partial charge in [0, 0.05) is 29.4 Å². The number of benzene rings is 1. The Morgan fingerprint density at radius 3 is 2.65 bits per heavy atom. The first-order valence-electron chi connectivity index (χ1n) is 8.23. The summed E-state index contributed by atoms with van der Waals surface area (Å²) < 4.78 is 42.9. The van der Waals surface area contributed by atoms with Crippen LogP contribution in [0, 0.1) is 0 Å². The van der Waals surface area contributed by atoms with Crippen molar-refractivity contribution in [1.29, 1.82) is 0 Å². The predicted octanol–water partition coefficient (Wildman–Crippen LogP) is 4.06. The highest BCUT2D eigenvalue weighted by Crippen LogP contribution is 2.26. The number of nitrogens with one attached hydrogen (secondary N) is 1. The number of carbonyl (C=O) groups is 1. The second kappa shape index (κ2) is 7.72. The van der Waals surface area contributed by atoms with Crippen molar-refractivity contribution < 1.29 is 22.7 Å². The summed E-state index contributed by atoms with van der Waals surface area (Å²) in [7, 11) is 0. The fourth-order valence-corrected chi connectivity index (χ4v) is 2.98. The number of ether oxygens (including phenoxy) is 1.